The maximum atomic E-state index is 11.8. The van der Waals surface area contributed by atoms with Gasteiger partial charge in [-0.05, 0) is 30.5 Å². The Morgan fingerprint density at radius 2 is 1.72 bits per heavy atom. The van der Waals surface area contributed by atoms with Crippen LogP contribution in [0.2, 0.25) is 0 Å². The predicted molar refractivity (Wildman–Crippen MR) is 73.8 cm³/mol. The van der Waals surface area contributed by atoms with Gasteiger partial charge in [0.1, 0.15) is 0 Å². The highest BCUT2D eigenvalue weighted by Crippen LogP contribution is 2.15. The minimum absolute atomic E-state index is 0.0299. The van der Waals surface area contributed by atoms with Crippen LogP contribution in [0, 0.1) is 6.92 Å². The summed E-state index contributed by atoms with van der Waals surface area (Å²) in [6.07, 6.45) is 0.782. The van der Waals surface area contributed by atoms with Crippen molar-refractivity contribution in [2.24, 2.45) is 0 Å². The highest BCUT2D eigenvalue weighted by atomic mass is 16.1. The highest BCUT2D eigenvalue weighted by Gasteiger charge is 2.09. The van der Waals surface area contributed by atoms with Crippen LogP contribution in [-0.4, -0.2) is 13.0 Å². The van der Waals surface area contributed by atoms with Crippen molar-refractivity contribution in [3.8, 4) is 0 Å². The molecule has 0 radical (unpaired) electrons. The minimum atomic E-state index is -0.0299. The zero-order chi connectivity index (χ0) is 13.0. The molecule has 18 heavy (non-hydrogen) atoms. The Labute approximate surface area is 108 Å². The maximum absolute atomic E-state index is 11.8. The summed E-state index contributed by atoms with van der Waals surface area (Å²) in [7, 11) is 1.66. The molecule has 92 valence electrons. The van der Waals surface area contributed by atoms with Crippen molar-refractivity contribution in [3.63, 3.8) is 0 Å². The van der Waals surface area contributed by atoms with Crippen LogP contribution in [-0.2, 0) is 6.42 Å². The van der Waals surface area contributed by atoms with Gasteiger partial charge in [-0.3, -0.25) is 4.79 Å². The number of nitrogens with one attached hydrogen (secondary N) is 1. The van der Waals surface area contributed by atoms with E-state index in [4.69, 9.17) is 0 Å². The Kier molecular flexibility index (Phi) is 3.78. The van der Waals surface area contributed by atoms with E-state index in [0.29, 0.717) is 0 Å². The molecule has 2 nitrogen and oxygen atoms in total. The van der Waals surface area contributed by atoms with Crippen LogP contribution >= 0.6 is 0 Å². The van der Waals surface area contributed by atoms with Crippen LogP contribution in [0.15, 0.2) is 48.5 Å². The number of amides is 1. The number of benzene rings is 2. The van der Waals surface area contributed by atoms with E-state index in [0.717, 1.165) is 17.5 Å². The molecule has 0 aliphatic carbocycles. The van der Waals surface area contributed by atoms with E-state index in [1.807, 2.05) is 24.3 Å². The van der Waals surface area contributed by atoms with Crippen molar-refractivity contribution in [3.05, 3.63) is 70.8 Å². The van der Waals surface area contributed by atoms with E-state index in [1.54, 1.807) is 7.05 Å². The SMILES string of the molecule is CNC(=O)c1ccccc1Cc1ccc(C)cc1. The van der Waals surface area contributed by atoms with Gasteiger partial charge in [-0.15, -0.1) is 0 Å². The second-order valence-corrected chi connectivity index (χ2v) is 4.40. The van der Waals surface area contributed by atoms with Crippen molar-refractivity contribution in [1.82, 2.24) is 5.32 Å². The molecule has 2 aromatic carbocycles. The van der Waals surface area contributed by atoms with Gasteiger partial charge in [-0.25, -0.2) is 0 Å². The van der Waals surface area contributed by atoms with Gasteiger partial charge in [-0.2, -0.15) is 0 Å². The fourth-order valence-electron chi connectivity index (χ4n) is 1.96. The number of carbonyl (C=O) groups is 1. The summed E-state index contributed by atoms with van der Waals surface area (Å²) in [6.45, 7) is 2.07. The Morgan fingerprint density at radius 3 is 2.39 bits per heavy atom. The molecule has 1 amide bonds. The summed E-state index contributed by atoms with van der Waals surface area (Å²) >= 11 is 0. The summed E-state index contributed by atoms with van der Waals surface area (Å²) in [5.74, 6) is -0.0299. The lowest BCUT2D eigenvalue weighted by Crippen LogP contribution is -2.19. The Balaban J connectivity index is 2.28. The Bertz CT molecular complexity index is 543. The third-order valence-corrected chi connectivity index (χ3v) is 3.00. The molecule has 0 spiro atoms. The fourth-order valence-corrected chi connectivity index (χ4v) is 1.96. The topological polar surface area (TPSA) is 29.1 Å². The second kappa shape index (κ2) is 5.50. The molecule has 2 aromatic rings. The van der Waals surface area contributed by atoms with E-state index in [-0.39, 0.29) is 5.91 Å². The average Bonchev–Trinajstić information content (AvgIpc) is 2.41. The third kappa shape index (κ3) is 2.77. The van der Waals surface area contributed by atoms with Gasteiger partial charge < -0.3 is 5.32 Å². The lowest BCUT2D eigenvalue weighted by Gasteiger charge is -2.08. The predicted octanol–water partition coefficient (Wildman–Crippen LogP) is 2.95. The number of carbonyl (C=O) groups excluding carboxylic acids is 1. The summed E-state index contributed by atoms with van der Waals surface area (Å²) in [4.78, 5) is 11.8. The molecule has 0 aliphatic heterocycles. The van der Waals surface area contributed by atoms with E-state index >= 15 is 0 Å². The van der Waals surface area contributed by atoms with Gasteiger partial charge in [-0.1, -0.05) is 48.0 Å². The number of hydrogen-bond acceptors (Lipinski definition) is 1. The normalized spacial score (nSPS) is 10.1. The van der Waals surface area contributed by atoms with Crippen LogP contribution in [0.25, 0.3) is 0 Å². The second-order valence-electron chi connectivity index (χ2n) is 4.40. The smallest absolute Gasteiger partial charge is 0.251 e. The van der Waals surface area contributed by atoms with Gasteiger partial charge in [0.15, 0.2) is 0 Å². The first kappa shape index (κ1) is 12.4. The van der Waals surface area contributed by atoms with Crippen molar-refractivity contribution < 1.29 is 4.79 Å². The molecule has 0 atom stereocenters. The van der Waals surface area contributed by atoms with Gasteiger partial charge in [0, 0.05) is 12.6 Å². The largest absolute Gasteiger partial charge is 0.355 e. The molecular weight excluding hydrogens is 222 g/mol. The molecule has 0 saturated heterocycles. The molecule has 2 heteroatoms. The molecular formula is C16H17NO. The van der Waals surface area contributed by atoms with E-state index in [1.165, 1.54) is 11.1 Å². The van der Waals surface area contributed by atoms with Crippen molar-refractivity contribution in [2.75, 3.05) is 7.05 Å². The molecule has 0 unspecified atom stereocenters. The average molecular weight is 239 g/mol. The monoisotopic (exact) mass is 239 g/mol. The zero-order valence-corrected chi connectivity index (χ0v) is 10.7. The summed E-state index contributed by atoms with van der Waals surface area (Å²) in [6, 6.07) is 16.1. The van der Waals surface area contributed by atoms with Crippen LogP contribution < -0.4 is 5.32 Å². The lowest BCUT2D eigenvalue weighted by molar-refractivity contribution is 0.0962. The van der Waals surface area contributed by atoms with Gasteiger partial charge in [0.2, 0.25) is 0 Å². The summed E-state index contributed by atoms with van der Waals surface area (Å²) < 4.78 is 0. The number of aryl methyl sites for hydroxylation is 1. The number of hydrogen-bond donors (Lipinski definition) is 1. The summed E-state index contributed by atoms with van der Waals surface area (Å²) in [5, 5.41) is 2.68. The van der Waals surface area contributed by atoms with E-state index in [9.17, 15) is 4.79 Å². The first-order chi connectivity index (χ1) is 8.70. The van der Waals surface area contributed by atoms with Gasteiger partial charge in [0.05, 0.1) is 0 Å². The third-order valence-electron chi connectivity index (χ3n) is 3.00. The molecule has 0 heterocycles. The van der Waals surface area contributed by atoms with Crippen molar-refractivity contribution in [2.45, 2.75) is 13.3 Å². The fraction of sp³-hybridized carbons (Fsp3) is 0.188. The zero-order valence-electron chi connectivity index (χ0n) is 10.7. The standard InChI is InChI=1S/C16H17NO/c1-12-7-9-13(10-8-12)11-14-5-3-4-6-15(14)16(18)17-2/h3-10H,11H2,1-2H3,(H,17,18). The van der Waals surface area contributed by atoms with Gasteiger partial charge in [0.25, 0.3) is 5.91 Å². The molecule has 0 aliphatic rings. The molecule has 1 N–H and O–H groups in total. The molecule has 0 bridgehead atoms. The first-order valence-electron chi connectivity index (χ1n) is 6.06. The quantitative estimate of drug-likeness (QED) is 0.876. The first-order valence-corrected chi connectivity index (χ1v) is 6.06. The minimum Gasteiger partial charge on any atom is -0.355 e. The summed E-state index contributed by atoms with van der Waals surface area (Å²) in [5.41, 5.74) is 4.27. The van der Waals surface area contributed by atoms with E-state index in [2.05, 4.69) is 36.5 Å². The number of rotatable bonds is 3. The van der Waals surface area contributed by atoms with Gasteiger partial charge >= 0.3 is 0 Å². The highest BCUT2D eigenvalue weighted by molar-refractivity contribution is 5.95. The molecule has 0 aromatic heterocycles. The maximum Gasteiger partial charge on any atom is 0.251 e. The molecule has 2 rings (SSSR count). The lowest BCUT2D eigenvalue weighted by atomic mass is 9.99. The van der Waals surface area contributed by atoms with Crippen LogP contribution in [0.5, 0.6) is 0 Å². The van der Waals surface area contributed by atoms with Crippen LogP contribution in [0.3, 0.4) is 0 Å². The van der Waals surface area contributed by atoms with Crippen molar-refractivity contribution in [1.29, 1.82) is 0 Å². The van der Waals surface area contributed by atoms with Crippen LogP contribution in [0.1, 0.15) is 27.0 Å². The van der Waals surface area contributed by atoms with Crippen molar-refractivity contribution >= 4 is 5.91 Å². The molecule has 0 fully saturated rings. The van der Waals surface area contributed by atoms with Crippen LogP contribution in [0.4, 0.5) is 0 Å². The van der Waals surface area contributed by atoms with E-state index < -0.39 is 0 Å². The Hall–Kier alpha value is -2.09. The molecule has 0 saturated carbocycles. The Morgan fingerprint density at radius 1 is 1.06 bits per heavy atom.